The molecule has 4 nitrogen and oxygen atoms in total. The van der Waals surface area contributed by atoms with Crippen molar-refractivity contribution in [2.24, 2.45) is 10.8 Å². The van der Waals surface area contributed by atoms with Crippen LogP contribution in [0, 0.1) is 10.8 Å². The molecule has 3 rings (SSSR count). The molecule has 1 saturated carbocycles. The van der Waals surface area contributed by atoms with Crippen molar-refractivity contribution in [1.82, 2.24) is 4.90 Å². The highest BCUT2D eigenvalue weighted by Gasteiger charge is 2.46. The van der Waals surface area contributed by atoms with Crippen molar-refractivity contribution < 1.29 is 14.6 Å². The highest BCUT2D eigenvalue weighted by molar-refractivity contribution is 5.75. The Morgan fingerprint density at radius 3 is 2.42 bits per heavy atom. The molecule has 1 N–H and O–H groups in total. The van der Waals surface area contributed by atoms with Crippen molar-refractivity contribution in [2.45, 2.75) is 44.9 Å². The minimum Gasteiger partial charge on any atom is -0.481 e. The van der Waals surface area contributed by atoms with Crippen LogP contribution in [-0.2, 0) is 9.53 Å². The summed E-state index contributed by atoms with van der Waals surface area (Å²) < 4.78 is 5.35. The Hall–Kier alpha value is -0.610. The molecule has 0 aromatic rings. The van der Waals surface area contributed by atoms with E-state index in [9.17, 15) is 9.90 Å². The van der Waals surface area contributed by atoms with Crippen molar-refractivity contribution in [3.8, 4) is 0 Å². The number of carboxylic acid groups (broad SMARTS) is 1. The molecule has 1 aliphatic carbocycles. The molecule has 0 unspecified atom stereocenters. The van der Waals surface area contributed by atoms with Crippen LogP contribution in [0.1, 0.15) is 44.9 Å². The molecule has 2 saturated heterocycles. The minimum absolute atomic E-state index is 0.533. The number of nitrogens with zero attached hydrogens (tertiary/aromatic N) is 1. The topological polar surface area (TPSA) is 49.8 Å². The molecule has 0 bridgehead atoms. The number of likely N-dealkylation sites (tertiary alicyclic amines) is 1. The van der Waals surface area contributed by atoms with Gasteiger partial charge in [-0.05, 0) is 44.1 Å². The molecule has 108 valence electrons. The number of hydrogen-bond donors (Lipinski definition) is 1. The molecule has 0 aromatic carbocycles. The summed E-state index contributed by atoms with van der Waals surface area (Å²) in [5.74, 6) is -0.622. The summed E-state index contributed by atoms with van der Waals surface area (Å²) in [5.41, 5.74) is -0.0206. The lowest BCUT2D eigenvalue weighted by atomic mass is 9.79. The first-order valence-electron chi connectivity index (χ1n) is 7.68. The first-order chi connectivity index (χ1) is 9.14. The second-order valence-electron chi connectivity index (χ2n) is 6.87. The summed E-state index contributed by atoms with van der Waals surface area (Å²) in [6.07, 6.45) is 8.06. The van der Waals surface area contributed by atoms with Gasteiger partial charge in [0.2, 0.25) is 0 Å². The largest absolute Gasteiger partial charge is 0.481 e. The van der Waals surface area contributed by atoms with E-state index < -0.39 is 11.4 Å². The minimum atomic E-state index is -0.622. The third-order valence-corrected chi connectivity index (χ3v) is 5.61. The van der Waals surface area contributed by atoms with Crippen molar-refractivity contribution in [3.63, 3.8) is 0 Å². The summed E-state index contributed by atoms with van der Waals surface area (Å²) in [6.45, 7) is 4.16. The van der Waals surface area contributed by atoms with E-state index in [0.717, 1.165) is 19.6 Å². The van der Waals surface area contributed by atoms with E-state index in [-0.39, 0.29) is 0 Å². The summed E-state index contributed by atoms with van der Waals surface area (Å²) in [4.78, 5) is 14.1. The lowest BCUT2D eigenvalue weighted by Gasteiger charge is -2.36. The number of aliphatic carboxylic acids is 1. The normalized spacial score (nSPS) is 29.9. The standard InChI is InChI=1S/C15H25NO3/c17-13(18)15(6-9-19-10-7-15)12-16-8-5-14(11-16)3-1-2-4-14/h1-12H2,(H,17,18). The zero-order chi connectivity index (χ0) is 13.3. The van der Waals surface area contributed by atoms with Crippen molar-refractivity contribution >= 4 is 5.97 Å². The van der Waals surface area contributed by atoms with Gasteiger partial charge >= 0.3 is 5.97 Å². The number of carboxylic acids is 1. The van der Waals surface area contributed by atoms with Crippen molar-refractivity contribution in [3.05, 3.63) is 0 Å². The van der Waals surface area contributed by atoms with Crippen LogP contribution in [-0.4, -0.2) is 48.8 Å². The predicted molar refractivity (Wildman–Crippen MR) is 72.1 cm³/mol. The maximum Gasteiger partial charge on any atom is 0.311 e. The molecule has 3 fully saturated rings. The van der Waals surface area contributed by atoms with Gasteiger partial charge in [0.15, 0.2) is 0 Å². The van der Waals surface area contributed by atoms with Crippen molar-refractivity contribution in [1.29, 1.82) is 0 Å². The van der Waals surface area contributed by atoms with E-state index in [1.165, 1.54) is 32.1 Å². The summed E-state index contributed by atoms with van der Waals surface area (Å²) in [7, 11) is 0. The third-order valence-electron chi connectivity index (χ3n) is 5.61. The van der Waals surface area contributed by atoms with Gasteiger partial charge in [-0.3, -0.25) is 4.79 Å². The van der Waals surface area contributed by atoms with Gasteiger partial charge in [-0.25, -0.2) is 0 Å². The lowest BCUT2D eigenvalue weighted by Crippen LogP contribution is -2.46. The Labute approximate surface area is 115 Å². The Bertz CT molecular complexity index is 343. The average Bonchev–Trinajstić information content (AvgIpc) is 3.01. The molecule has 2 aliphatic heterocycles. The first kappa shape index (κ1) is 13.4. The molecule has 3 aliphatic rings. The monoisotopic (exact) mass is 267 g/mol. The maximum atomic E-state index is 11.7. The second kappa shape index (κ2) is 5.06. The Balaban J connectivity index is 1.65. The molecule has 4 heteroatoms. The summed E-state index contributed by atoms with van der Waals surface area (Å²) in [5, 5.41) is 9.62. The zero-order valence-corrected chi connectivity index (χ0v) is 11.7. The molecule has 1 spiro atoms. The fraction of sp³-hybridized carbons (Fsp3) is 0.933. The second-order valence-corrected chi connectivity index (χ2v) is 6.87. The van der Waals surface area contributed by atoms with E-state index in [1.807, 2.05) is 0 Å². The molecular weight excluding hydrogens is 242 g/mol. The maximum absolute atomic E-state index is 11.7. The van der Waals surface area contributed by atoms with Crippen LogP contribution >= 0.6 is 0 Å². The van der Waals surface area contributed by atoms with Gasteiger partial charge in [-0.15, -0.1) is 0 Å². The van der Waals surface area contributed by atoms with E-state index in [1.54, 1.807) is 0 Å². The molecular formula is C15H25NO3. The number of rotatable bonds is 3. The van der Waals surface area contributed by atoms with Gasteiger partial charge in [-0.1, -0.05) is 12.8 Å². The van der Waals surface area contributed by atoms with E-state index in [0.29, 0.717) is 31.5 Å². The Morgan fingerprint density at radius 1 is 1.11 bits per heavy atom. The van der Waals surface area contributed by atoms with Crippen LogP contribution in [0.5, 0.6) is 0 Å². The lowest BCUT2D eigenvalue weighted by molar-refractivity contribution is -0.156. The number of hydrogen-bond acceptors (Lipinski definition) is 3. The highest BCUT2D eigenvalue weighted by Crippen LogP contribution is 2.46. The number of ether oxygens (including phenoxy) is 1. The molecule has 19 heavy (non-hydrogen) atoms. The van der Waals surface area contributed by atoms with Gasteiger partial charge in [0.25, 0.3) is 0 Å². The fourth-order valence-corrected chi connectivity index (χ4v) is 4.33. The van der Waals surface area contributed by atoms with Gasteiger partial charge in [0.1, 0.15) is 0 Å². The average molecular weight is 267 g/mol. The van der Waals surface area contributed by atoms with Gasteiger partial charge in [0, 0.05) is 26.3 Å². The van der Waals surface area contributed by atoms with Gasteiger partial charge < -0.3 is 14.7 Å². The summed E-state index contributed by atoms with van der Waals surface area (Å²) >= 11 is 0. The first-order valence-corrected chi connectivity index (χ1v) is 7.68. The number of carbonyl (C=O) groups is 1. The van der Waals surface area contributed by atoms with E-state index in [2.05, 4.69) is 4.90 Å². The van der Waals surface area contributed by atoms with Crippen LogP contribution in [0.4, 0.5) is 0 Å². The highest BCUT2D eigenvalue weighted by atomic mass is 16.5. The molecule has 0 aromatic heterocycles. The van der Waals surface area contributed by atoms with Crippen LogP contribution in [0.15, 0.2) is 0 Å². The molecule has 0 radical (unpaired) electrons. The van der Waals surface area contributed by atoms with Crippen LogP contribution < -0.4 is 0 Å². The van der Waals surface area contributed by atoms with Gasteiger partial charge in [-0.2, -0.15) is 0 Å². The van der Waals surface area contributed by atoms with Gasteiger partial charge in [0.05, 0.1) is 5.41 Å². The quantitative estimate of drug-likeness (QED) is 0.851. The van der Waals surface area contributed by atoms with E-state index in [4.69, 9.17) is 4.74 Å². The Kier molecular flexibility index (Phi) is 3.56. The predicted octanol–water partition coefficient (Wildman–Crippen LogP) is 2.13. The molecule has 0 amide bonds. The van der Waals surface area contributed by atoms with Crippen LogP contribution in [0.2, 0.25) is 0 Å². The smallest absolute Gasteiger partial charge is 0.311 e. The molecule has 0 atom stereocenters. The molecule has 2 heterocycles. The fourth-order valence-electron chi connectivity index (χ4n) is 4.33. The van der Waals surface area contributed by atoms with E-state index >= 15 is 0 Å². The Morgan fingerprint density at radius 2 is 1.79 bits per heavy atom. The van der Waals surface area contributed by atoms with Crippen molar-refractivity contribution in [2.75, 3.05) is 32.8 Å². The van der Waals surface area contributed by atoms with Crippen LogP contribution in [0.3, 0.4) is 0 Å². The SMILES string of the molecule is O=C(O)C1(CN2CCC3(CCCC3)C2)CCOCC1. The third kappa shape index (κ3) is 2.52. The summed E-state index contributed by atoms with van der Waals surface area (Å²) in [6, 6.07) is 0. The zero-order valence-electron chi connectivity index (χ0n) is 11.7. The van der Waals surface area contributed by atoms with Crippen LogP contribution in [0.25, 0.3) is 0 Å².